The van der Waals surface area contributed by atoms with E-state index in [1.54, 1.807) is 12.3 Å². The predicted octanol–water partition coefficient (Wildman–Crippen LogP) is 0.484. The highest BCUT2D eigenvalue weighted by Gasteiger charge is 2.13. The van der Waals surface area contributed by atoms with E-state index >= 15 is 0 Å². The maximum absolute atomic E-state index is 11.8. The number of aromatic nitrogens is 2. The molecule has 1 saturated heterocycles. The number of carboxylic acids is 1. The van der Waals surface area contributed by atoms with Gasteiger partial charge in [-0.1, -0.05) is 6.08 Å². The van der Waals surface area contributed by atoms with Gasteiger partial charge >= 0.3 is 5.97 Å². The fraction of sp³-hybridized carbons (Fsp3) is 0.417. The van der Waals surface area contributed by atoms with Gasteiger partial charge in [0.1, 0.15) is 0 Å². The lowest BCUT2D eigenvalue weighted by molar-refractivity contribution is -0.131. The lowest BCUT2D eigenvalue weighted by Gasteiger charge is -2.16. The van der Waals surface area contributed by atoms with Gasteiger partial charge in [0.15, 0.2) is 0 Å². The van der Waals surface area contributed by atoms with Gasteiger partial charge in [0.2, 0.25) is 0 Å². The zero-order valence-corrected chi connectivity index (χ0v) is 9.95. The summed E-state index contributed by atoms with van der Waals surface area (Å²) in [4.78, 5) is 24.2. The zero-order chi connectivity index (χ0) is 13.0. The van der Waals surface area contributed by atoms with Crippen molar-refractivity contribution in [1.29, 1.82) is 0 Å². The Balaban J connectivity index is 2.10. The van der Waals surface area contributed by atoms with Gasteiger partial charge in [-0.2, -0.15) is 5.10 Å². The molecule has 0 saturated carbocycles. The molecule has 96 valence electrons. The van der Waals surface area contributed by atoms with Gasteiger partial charge in [0.05, 0.1) is 18.4 Å². The minimum absolute atomic E-state index is 0.172. The van der Waals surface area contributed by atoms with E-state index in [9.17, 15) is 9.59 Å². The van der Waals surface area contributed by atoms with Gasteiger partial charge in [0, 0.05) is 25.2 Å². The molecule has 1 aliphatic heterocycles. The maximum Gasteiger partial charge on any atom is 0.328 e. The van der Waals surface area contributed by atoms with Gasteiger partial charge in [-0.25, -0.2) is 9.48 Å². The van der Waals surface area contributed by atoms with Crippen molar-refractivity contribution >= 4 is 11.7 Å². The molecule has 0 radical (unpaired) electrons. The highest BCUT2D eigenvalue weighted by atomic mass is 16.4. The molecule has 0 spiro atoms. The van der Waals surface area contributed by atoms with E-state index in [2.05, 4.69) is 10.00 Å². The van der Waals surface area contributed by atoms with Gasteiger partial charge in [-0.05, 0) is 12.8 Å². The first-order chi connectivity index (χ1) is 8.66. The summed E-state index contributed by atoms with van der Waals surface area (Å²) in [7, 11) is 0. The maximum atomic E-state index is 11.8. The average Bonchev–Trinajstić information content (AvgIpc) is 2.84. The van der Waals surface area contributed by atoms with Gasteiger partial charge in [0.25, 0.3) is 5.56 Å². The van der Waals surface area contributed by atoms with E-state index in [4.69, 9.17) is 5.11 Å². The molecule has 0 atom stereocenters. The van der Waals surface area contributed by atoms with Crippen LogP contribution in [0.25, 0.3) is 0 Å². The number of hydrogen-bond acceptors (Lipinski definition) is 4. The molecule has 0 amide bonds. The Morgan fingerprint density at radius 3 is 2.78 bits per heavy atom. The molecule has 6 nitrogen and oxygen atoms in total. The van der Waals surface area contributed by atoms with Crippen LogP contribution in [0.15, 0.2) is 29.2 Å². The summed E-state index contributed by atoms with van der Waals surface area (Å²) in [5, 5.41) is 12.5. The van der Waals surface area contributed by atoms with E-state index in [0.29, 0.717) is 0 Å². The first-order valence-corrected chi connectivity index (χ1v) is 5.88. The Morgan fingerprint density at radius 2 is 2.17 bits per heavy atom. The van der Waals surface area contributed by atoms with Crippen LogP contribution in [0.1, 0.15) is 12.8 Å². The molecular weight excluding hydrogens is 234 g/mol. The van der Waals surface area contributed by atoms with E-state index in [1.807, 2.05) is 0 Å². The zero-order valence-electron chi connectivity index (χ0n) is 9.95. The fourth-order valence-corrected chi connectivity index (χ4v) is 1.96. The molecule has 0 aromatic carbocycles. The SMILES string of the molecule is O=C(O)/C=C/Cn1ncc(N2CCCC2)cc1=O. The molecule has 1 N–H and O–H groups in total. The van der Waals surface area contributed by atoms with Crippen LogP contribution in [0.4, 0.5) is 5.69 Å². The minimum atomic E-state index is -1.03. The van der Waals surface area contributed by atoms with Crippen molar-refractivity contribution < 1.29 is 9.90 Å². The van der Waals surface area contributed by atoms with Crippen molar-refractivity contribution in [2.45, 2.75) is 19.4 Å². The first-order valence-electron chi connectivity index (χ1n) is 5.88. The summed E-state index contributed by atoms with van der Waals surface area (Å²) in [6, 6.07) is 1.55. The number of anilines is 1. The molecule has 6 heteroatoms. The third kappa shape index (κ3) is 2.97. The van der Waals surface area contributed by atoms with E-state index in [0.717, 1.165) is 37.7 Å². The van der Waals surface area contributed by atoms with Crippen LogP contribution >= 0.6 is 0 Å². The second-order valence-electron chi connectivity index (χ2n) is 4.17. The van der Waals surface area contributed by atoms with Crippen LogP contribution in [-0.2, 0) is 11.3 Å². The summed E-state index contributed by atoms with van der Waals surface area (Å²) >= 11 is 0. The Bertz CT molecular complexity index is 516. The molecule has 0 bridgehead atoms. The van der Waals surface area contributed by atoms with Gasteiger partial charge in [-0.3, -0.25) is 4.79 Å². The summed E-state index contributed by atoms with van der Waals surface area (Å²) in [5.74, 6) is -1.03. The molecular formula is C12H15N3O3. The Kier molecular flexibility index (Phi) is 3.76. The largest absolute Gasteiger partial charge is 0.478 e. The number of aliphatic carboxylic acids is 1. The van der Waals surface area contributed by atoms with Crippen LogP contribution in [0.2, 0.25) is 0 Å². The number of allylic oxidation sites excluding steroid dienone is 1. The molecule has 1 fully saturated rings. The van der Waals surface area contributed by atoms with Crippen molar-refractivity contribution in [1.82, 2.24) is 9.78 Å². The van der Waals surface area contributed by atoms with Gasteiger partial charge in [-0.15, -0.1) is 0 Å². The summed E-state index contributed by atoms with van der Waals surface area (Å²) in [6.45, 7) is 2.10. The second-order valence-corrected chi connectivity index (χ2v) is 4.17. The molecule has 1 aromatic heterocycles. The molecule has 0 aliphatic carbocycles. The third-order valence-electron chi connectivity index (χ3n) is 2.87. The van der Waals surface area contributed by atoms with E-state index in [-0.39, 0.29) is 12.1 Å². The third-order valence-corrected chi connectivity index (χ3v) is 2.87. The number of hydrogen-bond donors (Lipinski definition) is 1. The topological polar surface area (TPSA) is 75.4 Å². The standard InChI is InChI=1S/C12H15N3O3/c16-11-8-10(14-5-1-2-6-14)9-13-15(11)7-3-4-12(17)18/h3-4,8-9H,1-2,5-7H2,(H,17,18)/b4-3+. The fourth-order valence-electron chi connectivity index (χ4n) is 1.96. The Hall–Kier alpha value is -2.11. The molecule has 1 aromatic rings. The highest BCUT2D eigenvalue weighted by Crippen LogP contribution is 2.16. The van der Waals surface area contributed by atoms with Crippen molar-refractivity contribution in [2.24, 2.45) is 0 Å². The minimum Gasteiger partial charge on any atom is -0.478 e. The Labute approximate surface area is 104 Å². The Morgan fingerprint density at radius 1 is 1.44 bits per heavy atom. The van der Waals surface area contributed by atoms with E-state index < -0.39 is 5.97 Å². The lowest BCUT2D eigenvalue weighted by Crippen LogP contribution is -2.25. The molecule has 0 unspecified atom stereocenters. The van der Waals surface area contributed by atoms with Crippen molar-refractivity contribution in [3.05, 3.63) is 34.8 Å². The smallest absolute Gasteiger partial charge is 0.328 e. The van der Waals surface area contributed by atoms with Crippen molar-refractivity contribution in [3.8, 4) is 0 Å². The highest BCUT2D eigenvalue weighted by molar-refractivity contribution is 5.79. The summed E-state index contributed by atoms with van der Waals surface area (Å²) in [5.41, 5.74) is 0.630. The van der Waals surface area contributed by atoms with Crippen LogP contribution < -0.4 is 10.5 Å². The van der Waals surface area contributed by atoms with Crippen LogP contribution in [-0.4, -0.2) is 33.9 Å². The number of carboxylic acid groups (broad SMARTS) is 1. The molecule has 18 heavy (non-hydrogen) atoms. The average molecular weight is 249 g/mol. The van der Waals surface area contributed by atoms with Crippen molar-refractivity contribution in [3.63, 3.8) is 0 Å². The first kappa shape index (κ1) is 12.3. The number of rotatable bonds is 4. The van der Waals surface area contributed by atoms with Crippen molar-refractivity contribution in [2.75, 3.05) is 18.0 Å². The quantitative estimate of drug-likeness (QED) is 0.786. The lowest BCUT2D eigenvalue weighted by atomic mass is 10.4. The summed E-state index contributed by atoms with van der Waals surface area (Å²) in [6.07, 6.45) is 6.34. The molecule has 2 rings (SSSR count). The van der Waals surface area contributed by atoms with Gasteiger partial charge < -0.3 is 10.0 Å². The number of nitrogens with zero attached hydrogens (tertiary/aromatic N) is 3. The van der Waals surface area contributed by atoms with Crippen LogP contribution in [0.5, 0.6) is 0 Å². The van der Waals surface area contributed by atoms with Crippen LogP contribution in [0.3, 0.4) is 0 Å². The monoisotopic (exact) mass is 249 g/mol. The van der Waals surface area contributed by atoms with Crippen LogP contribution in [0, 0.1) is 0 Å². The normalized spacial score (nSPS) is 15.4. The molecule has 2 heterocycles. The molecule has 1 aliphatic rings. The van der Waals surface area contributed by atoms with E-state index in [1.165, 1.54) is 10.8 Å². The second kappa shape index (κ2) is 5.48. The number of carbonyl (C=O) groups is 1. The predicted molar refractivity (Wildman–Crippen MR) is 66.7 cm³/mol. The summed E-state index contributed by atoms with van der Waals surface area (Å²) < 4.78 is 1.24.